The van der Waals surface area contributed by atoms with Crippen molar-refractivity contribution >= 4 is 23.6 Å². The van der Waals surface area contributed by atoms with Crippen molar-refractivity contribution in [2.75, 3.05) is 12.0 Å². The van der Waals surface area contributed by atoms with E-state index < -0.39 is 64.3 Å². The predicted octanol–water partition coefficient (Wildman–Crippen LogP) is 2.36. The fraction of sp³-hybridized carbons (Fsp3) is 0.500. The van der Waals surface area contributed by atoms with Crippen LogP contribution < -0.4 is 10.2 Å². The van der Waals surface area contributed by atoms with E-state index in [9.17, 15) is 27.6 Å². The predicted molar refractivity (Wildman–Crippen MR) is 97.5 cm³/mol. The number of rotatable bonds is 2. The number of nitriles is 1. The molecule has 0 saturated carbocycles. The normalized spacial score (nSPS) is 34.0. The van der Waals surface area contributed by atoms with E-state index in [1.54, 1.807) is 13.8 Å². The van der Waals surface area contributed by atoms with Gasteiger partial charge in [-0.3, -0.25) is 9.59 Å². The van der Waals surface area contributed by atoms with E-state index in [0.29, 0.717) is 6.07 Å². The van der Waals surface area contributed by atoms with Gasteiger partial charge in [-0.25, -0.2) is 9.69 Å². The van der Waals surface area contributed by atoms with E-state index in [2.05, 4.69) is 10.1 Å². The molecule has 31 heavy (non-hydrogen) atoms. The Morgan fingerprint density at radius 1 is 1.29 bits per heavy atom. The van der Waals surface area contributed by atoms with Crippen LogP contribution in [0.15, 0.2) is 18.2 Å². The average molecular weight is 437 g/mol. The van der Waals surface area contributed by atoms with Gasteiger partial charge in [-0.05, 0) is 32.0 Å². The van der Waals surface area contributed by atoms with Crippen LogP contribution in [-0.4, -0.2) is 42.3 Å². The number of benzene rings is 1. The maximum Gasteiger partial charge on any atom is 0.417 e. The van der Waals surface area contributed by atoms with Gasteiger partial charge >= 0.3 is 12.3 Å². The number of nitrogens with one attached hydrogen (secondary N) is 1. The first-order chi connectivity index (χ1) is 14.4. The van der Waals surface area contributed by atoms with Crippen molar-refractivity contribution < 1.29 is 37.0 Å². The highest BCUT2D eigenvalue weighted by atomic mass is 19.4. The zero-order valence-corrected chi connectivity index (χ0v) is 16.7. The molecule has 1 aromatic carbocycles. The first kappa shape index (κ1) is 21.1. The van der Waals surface area contributed by atoms with E-state index in [-0.39, 0.29) is 12.1 Å². The second kappa shape index (κ2) is 6.43. The molecule has 0 spiro atoms. The Bertz CT molecular complexity index is 1050. The molecule has 2 bridgehead atoms. The second-order valence-electron chi connectivity index (χ2n) is 8.30. The molecular weight excluding hydrogens is 419 g/mol. The van der Waals surface area contributed by atoms with Crippen molar-refractivity contribution in [3.05, 3.63) is 29.3 Å². The van der Waals surface area contributed by atoms with Gasteiger partial charge in [-0.15, -0.1) is 0 Å². The highest BCUT2D eigenvalue weighted by Crippen LogP contribution is 2.61. The Balaban J connectivity index is 1.75. The van der Waals surface area contributed by atoms with E-state index in [1.165, 1.54) is 13.2 Å². The molecule has 4 rings (SSSR count). The number of nitrogens with zero attached hydrogens (tertiary/aromatic N) is 2. The van der Waals surface area contributed by atoms with Crippen molar-refractivity contribution in [1.82, 2.24) is 5.32 Å². The van der Waals surface area contributed by atoms with Gasteiger partial charge in [0.25, 0.3) is 0 Å². The zero-order valence-electron chi connectivity index (χ0n) is 16.7. The quantitative estimate of drug-likeness (QED) is 0.712. The molecule has 0 radical (unpaired) electrons. The van der Waals surface area contributed by atoms with Gasteiger partial charge in [0.05, 0.1) is 59.1 Å². The number of imide groups is 1. The van der Waals surface area contributed by atoms with Crippen LogP contribution in [0.2, 0.25) is 0 Å². The van der Waals surface area contributed by atoms with Crippen LogP contribution in [0, 0.1) is 23.2 Å². The standard InChI is InChI=1S/C20H18F3N3O5/c1-18-7-12(25-17(29)30-3)19(2,31-18)14-13(18)15(27)26(16(14)28)10-5-4-9(8-24)11(6-10)20(21,22)23/h4-6,12-14H,7H2,1-3H3,(H,25,29)/t12-,13-,14+,18?,19?/m1/s1. The summed E-state index contributed by atoms with van der Waals surface area (Å²) in [6.07, 6.45) is -5.33. The van der Waals surface area contributed by atoms with Crippen molar-refractivity contribution in [2.24, 2.45) is 11.8 Å². The summed E-state index contributed by atoms with van der Waals surface area (Å²) in [6, 6.07) is 3.54. The first-order valence-electron chi connectivity index (χ1n) is 9.41. The molecule has 3 aliphatic rings. The zero-order chi connectivity index (χ0) is 22.9. The largest absolute Gasteiger partial charge is 0.453 e. The second-order valence-corrected chi connectivity index (χ2v) is 8.30. The molecule has 1 N–H and O–H groups in total. The third-order valence-electron chi connectivity index (χ3n) is 6.50. The number of carbonyl (C=O) groups excluding carboxylic acids is 3. The Kier molecular flexibility index (Phi) is 4.38. The molecule has 5 atom stereocenters. The monoisotopic (exact) mass is 437 g/mol. The Labute approximate surface area is 174 Å². The lowest BCUT2D eigenvalue weighted by Crippen LogP contribution is -2.56. The molecular formula is C20H18F3N3O5. The lowest BCUT2D eigenvalue weighted by atomic mass is 9.66. The number of methoxy groups -OCH3 is 1. The van der Waals surface area contributed by atoms with Crippen LogP contribution in [0.25, 0.3) is 0 Å². The number of hydrogen-bond donors (Lipinski definition) is 1. The van der Waals surface area contributed by atoms with Crippen LogP contribution in [-0.2, 0) is 25.2 Å². The number of alkyl halides is 3. The molecule has 3 saturated heterocycles. The Morgan fingerprint density at radius 2 is 1.94 bits per heavy atom. The minimum Gasteiger partial charge on any atom is -0.453 e. The SMILES string of the molecule is COC(=O)N[C@@H]1CC2(C)OC1(C)[C@@H]1C(=O)N(c3ccc(C#N)c(C(F)(F)F)c3)C(=O)[C@@H]12. The summed E-state index contributed by atoms with van der Waals surface area (Å²) in [6.45, 7) is 3.24. The lowest BCUT2D eigenvalue weighted by Gasteiger charge is -2.35. The van der Waals surface area contributed by atoms with E-state index in [4.69, 9.17) is 10.00 Å². The summed E-state index contributed by atoms with van der Waals surface area (Å²) >= 11 is 0. The highest BCUT2D eigenvalue weighted by Gasteiger charge is 2.76. The maximum absolute atomic E-state index is 13.4. The van der Waals surface area contributed by atoms with Gasteiger partial charge in [0.2, 0.25) is 11.8 Å². The van der Waals surface area contributed by atoms with Gasteiger partial charge in [0, 0.05) is 6.42 Å². The lowest BCUT2D eigenvalue weighted by molar-refractivity contribution is -0.138. The van der Waals surface area contributed by atoms with Gasteiger partial charge < -0.3 is 14.8 Å². The number of alkyl carbamates (subject to hydrolysis) is 1. The summed E-state index contributed by atoms with van der Waals surface area (Å²) in [5.74, 6) is -3.29. The van der Waals surface area contributed by atoms with Crippen LogP contribution >= 0.6 is 0 Å². The maximum atomic E-state index is 13.4. The first-order valence-corrected chi connectivity index (χ1v) is 9.41. The number of halogens is 3. The fourth-order valence-corrected chi connectivity index (χ4v) is 5.21. The number of ether oxygens (including phenoxy) is 2. The van der Waals surface area contributed by atoms with Crippen molar-refractivity contribution in [3.63, 3.8) is 0 Å². The summed E-state index contributed by atoms with van der Waals surface area (Å²) in [4.78, 5) is 38.9. The van der Waals surface area contributed by atoms with Gasteiger partial charge in [0.15, 0.2) is 0 Å². The minimum absolute atomic E-state index is 0.230. The Morgan fingerprint density at radius 3 is 2.52 bits per heavy atom. The number of anilines is 1. The number of fused-ring (bicyclic) bond motifs is 5. The summed E-state index contributed by atoms with van der Waals surface area (Å²) in [7, 11) is 1.19. The van der Waals surface area contributed by atoms with Crippen molar-refractivity contribution in [3.8, 4) is 6.07 Å². The van der Waals surface area contributed by atoms with Crippen LogP contribution in [0.5, 0.6) is 0 Å². The van der Waals surface area contributed by atoms with Crippen molar-refractivity contribution in [1.29, 1.82) is 5.26 Å². The molecule has 0 aliphatic carbocycles. The van der Waals surface area contributed by atoms with E-state index in [1.807, 2.05) is 0 Å². The number of hydrogen-bond acceptors (Lipinski definition) is 6. The third-order valence-corrected chi connectivity index (χ3v) is 6.50. The van der Waals surface area contributed by atoms with Crippen molar-refractivity contribution in [2.45, 2.75) is 43.7 Å². The fourth-order valence-electron chi connectivity index (χ4n) is 5.21. The molecule has 11 heteroatoms. The van der Waals surface area contributed by atoms with Crippen LogP contribution in [0.3, 0.4) is 0 Å². The number of amides is 3. The van der Waals surface area contributed by atoms with Gasteiger partial charge in [-0.2, -0.15) is 18.4 Å². The molecule has 8 nitrogen and oxygen atoms in total. The highest BCUT2D eigenvalue weighted by molar-refractivity contribution is 6.23. The minimum atomic E-state index is -4.83. The van der Waals surface area contributed by atoms with Crippen LogP contribution in [0.1, 0.15) is 31.4 Å². The molecule has 2 unspecified atom stereocenters. The van der Waals surface area contributed by atoms with Gasteiger partial charge in [-0.1, -0.05) is 0 Å². The average Bonchev–Trinajstić information content (AvgIpc) is 3.21. The van der Waals surface area contributed by atoms with Crippen LogP contribution in [0.4, 0.5) is 23.7 Å². The molecule has 3 fully saturated rings. The summed E-state index contributed by atoms with van der Waals surface area (Å²) in [5.41, 5.74) is -4.44. The van der Waals surface area contributed by atoms with Gasteiger partial charge in [0.1, 0.15) is 0 Å². The molecule has 3 amide bonds. The molecule has 164 valence electrons. The summed E-state index contributed by atoms with van der Waals surface area (Å²) < 4.78 is 50.8. The molecule has 3 heterocycles. The van der Waals surface area contributed by atoms with E-state index >= 15 is 0 Å². The molecule has 3 aliphatic heterocycles. The third kappa shape index (κ3) is 2.81. The number of carbonyl (C=O) groups is 3. The molecule has 1 aromatic rings. The molecule has 0 aromatic heterocycles. The summed E-state index contributed by atoms with van der Waals surface area (Å²) in [5, 5.41) is 11.6. The Hall–Kier alpha value is -3.13. The topological polar surface area (TPSA) is 109 Å². The van der Waals surface area contributed by atoms with E-state index in [0.717, 1.165) is 17.0 Å². The smallest absolute Gasteiger partial charge is 0.417 e.